The molecule has 1 unspecified atom stereocenters. The minimum absolute atomic E-state index is 0.235. The number of halogens is 3. The third-order valence-electron chi connectivity index (χ3n) is 9.59. The molecule has 3 aromatic rings. The molecule has 2 aliphatic heterocycles. The molecule has 222 valence electrons. The van der Waals surface area contributed by atoms with E-state index in [4.69, 9.17) is 4.79 Å². The van der Waals surface area contributed by atoms with Crippen molar-refractivity contribution in [1.82, 2.24) is 9.88 Å². The highest BCUT2D eigenvalue weighted by Gasteiger charge is 2.39. The molecule has 0 saturated carbocycles. The number of pyridine rings is 1. The first-order valence-corrected chi connectivity index (χ1v) is 14.7. The van der Waals surface area contributed by atoms with Gasteiger partial charge in [-0.15, -0.1) is 0 Å². The van der Waals surface area contributed by atoms with Crippen molar-refractivity contribution in [3.8, 4) is 0 Å². The summed E-state index contributed by atoms with van der Waals surface area (Å²) in [5, 5.41) is 0. The van der Waals surface area contributed by atoms with E-state index in [1.165, 1.54) is 30.7 Å². The molecule has 1 spiro atoms. The number of piperidine rings is 2. The molecule has 6 rings (SSSR count). The molecule has 5 nitrogen and oxygen atoms in total. The van der Waals surface area contributed by atoms with Crippen molar-refractivity contribution >= 4 is 17.8 Å². The number of alkyl halides is 3. The second-order valence-corrected chi connectivity index (χ2v) is 11.8. The lowest BCUT2D eigenvalue weighted by atomic mass is 9.71. The molecule has 1 amide bonds. The van der Waals surface area contributed by atoms with Crippen LogP contribution in [0.2, 0.25) is 0 Å². The lowest BCUT2D eigenvalue weighted by Gasteiger charge is -2.48. The zero-order valence-corrected chi connectivity index (χ0v) is 24.2. The standard InChI is InChI=1S/C33H36F3N3.CH3NO/c1-23-4-3-5-30(33(34,35)36)31(23)28-9-8-25-6-7-26(22-29(25)28)24(2)38-18-12-32(13-19-38)14-20-39(21-15-32)27-10-16-37-17-11-27;2-1-3/h3-7,10-11,16-17,22,28H,2,8-9,12-15,18-21H2,1H3;1H,(H2,2,3). The number of fused-ring (bicyclic) bond motifs is 1. The predicted octanol–water partition coefficient (Wildman–Crippen LogP) is 6.94. The van der Waals surface area contributed by atoms with Crippen molar-refractivity contribution in [3.05, 3.63) is 101 Å². The average molecular weight is 577 g/mol. The van der Waals surface area contributed by atoms with E-state index in [1.807, 2.05) is 12.4 Å². The lowest BCUT2D eigenvalue weighted by molar-refractivity contribution is -0.138. The number of aryl methyl sites for hydroxylation is 2. The Balaban J connectivity index is 0.00000113. The fourth-order valence-corrected chi connectivity index (χ4v) is 7.20. The zero-order valence-electron chi connectivity index (χ0n) is 24.2. The quantitative estimate of drug-likeness (QED) is 0.342. The van der Waals surface area contributed by atoms with Gasteiger partial charge >= 0.3 is 6.18 Å². The molecule has 2 fully saturated rings. The van der Waals surface area contributed by atoms with E-state index in [0.717, 1.165) is 67.8 Å². The number of carbonyl (C=O) groups is 1. The van der Waals surface area contributed by atoms with Gasteiger partial charge < -0.3 is 15.5 Å². The maximum atomic E-state index is 13.9. The van der Waals surface area contributed by atoms with Gasteiger partial charge in [0.15, 0.2) is 0 Å². The number of hydrogen-bond acceptors (Lipinski definition) is 4. The van der Waals surface area contributed by atoms with Crippen LogP contribution in [-0.4, -0.2) is 42.5 Å². The Hall–Kier alpha value is -3.81. The first kappa shape index (κ1) is 29.7. The first-order chi connectivity index (χ1) is 20.2. The molecule has 3 heterocycles. The van der Waals surface area contributed by atoms with Crippen LogP contribution in [0.15, 0.2) is 67.5 Å². The number of nitrogens with zero attached hydrogens (tertiary/aromatic N) is 3. The van der Waals surface area contributed by atoms with Gasteiger partial charge in [-0.3, -0.25) is 9.78 Å². The van der Waals surface area contributed by atoms with Crippen LogP contribution in [0.4, 0.5) is 18.9 Å². The summed E-state index contributed by atoms with van der Waals surface area (Å²) in [6, 6.07) is 15.1. The van der Waals surface area contributed by atoms with Crippen molar-refractivity contribution in [2.45, 2.75) is 57.5 Å². The van der Waals surface area contributed by atoms with Gasteiger partial charge in [-0.2, -0.15) is 13.2 Å². The average Bonchev–Trinajstić information content (AvgIpc) is 3.41. The van der Waals surface area contributed by atoms with Crippen LogP contribution in [0.3, 0.4) is 0 Å². The molecular formula is C34H39F3N4O. The maximum Gasteiger partial charge on any atom is 0.416 e. The topological polar surface area (TPSA) is 62.5 Å². The normalized spacial score (nSPS) is 19.6. The summed E-state index contributed by atoms with van der Waals surface area (Å²) in [5.41, 5.74) is 10.7. The number of anilines is 1. The molecule has 42 heavy (non-hydrogen) atoms. The molecule has 2 aromatic carbocycles. The summed E-state index contributed by atoms with van der Waals surface area (Å²) in [6.45, 7) is 10.4. The molecule has 8 heteroatoms. The number of primary amides is 1. The summed E-state index contributed by atoms with van der Waals surface area (Å²) >= 11 is 0. The van der Waals surface area contributed by atoms with Crippen molar-refractivity contribution < 1.29 is 18.0 Å². The molecule has 0 bridgehead atoms. The molecule has 2 saturated heterocycles. The molecular weight excluding hydrogens is 537 g/mol. The predicted molar refractivity (Wildman–Crippen MR) is 161 cm³/mol. The maximum absolute atomic E-state index is 13.9. The van der Waals surface area contributed by atoms with E-state index in [-0.39, 0.29) is 12.3 Å². The molecule has 1 atom stereocenters. The Labute approximate surface area is 246 Å². The third kappa shape index (κ3) is 6.03. The van der Waals surface area contributed by atoms with Gasteiger partial charge in [0.25, 0.3) is 0 Å². The molecule has 1 aliphatic carbocycles. The SMILES string of the molecule is C=C(c1ccc2c(c1)C(c1c(C)cccc1C(F)(F)F)CC2)N1CCC2(CC1)CCN(c1ccncc1)CC2.NC=O. The Bertz CT molecular complexity index is 1400. The number of carbonyl (C=O) groups excluding carboxylic acids is 1. The largest absolute Gasteiger partial charge is 0.416 e. The van der Waals surface area contributed by atoms with Crippen molar-refractivity contribution in [2.24, 2.45) is 11.1 Å². The van der Waals surface area contributed by atoms with Crippen molar-refractivity contribution in [2.75, 3.05) is 31.1 Å². The van der Waals surface area contributed by atoms with Gasteiger partial charge in [-0.1, -0.05) is 30.8 Å². The van der Waals surface area contributed by atoms with Crippen LogP contribution < -0.4 is 10.6 Å². The van der Waals surface area contributed by atoms with Gasteiger partial charge in [-0.25, -0.2) is 0 Å². The Kier molecular flexibility index (Phi) is 8.62. The Morgan fingerprint density at radius 2 is 1.67 bits per heavy atom. The summed E-state index contributed by atoms with van der Waals surface area (Å²) in [7, 11) is 0. The van der Waals surface area contributed by atoms with Gasteiger partial charge in [0.1, 0.15) is 0 Å². The van der Waals surface area contributed by atoms with E-state index < -0.39 is 11.7 Å². The fourth-order valence-electron chi connectivity index (χ4n) is 7.20. The van der Waals surface area contributed by atoms with E-state index in [1.54, 1.807) is 13.0 Å². The van der Waals surface area contributed by atoms with Crippen LogP contribution in [0.25, 0.3) is 5.70 Å². The van der Waals surface area contributed by atoms with Gasteiger partial charge in [-0.05, 0) is 103 Å². The van der Waals surface area contributed by atoms with Gasteiger partial charge in [0, 0.05) is 55.9 Å². The molecule has 0 radical (unpaired) electrons. The lowest BCUT2D eigenvalue weighted by Crippen LogP contribution is -2.46. The number of aromatic nitrogens is 1. The molecule has 3 aliphatic rings. The van der Waals surface area contributed by atoms with Crippen LogP contribution in [-0.2, 0) is 17.4 Å². The summed E-state index contributed by atoms with van der Waals surface area (Å²) in [6.07, 6.45) is 5.85. The summed E-state index contributed by atoms with van der Waals surface area (Å²) in [5.74, 6) is -0.235. The highest BCUT2D eigenvalue weighted by molar-refractivity contribution is 5.65. The Morgan fingerprint density at radius 3 is 2.31 bits per heavy atom. The number of benzene rings is 2. The van der Waals surface area contributed by atoms with Crippen molar-refractivity contribution in [1.29, 1.82) is 0 Å². The summed E-state index contributed by atoms with van der Waals surface area (Å²) < 4.78 is 41.8. The van der Waals surface area contributed by atoms with E-state index in [2.05, 4.69) is 57.4 Å². The zero-order chi connectivity index (χ0) is 29.9. The van der Waals surface area contributed by atoms with E-state index in [0.29, 0.717) is 23.0 Å². The van der Waals surface area contributed by atoms with E-state index in [9.17, 15) is 13.2 Å². The fraction of sp³-hybridized carbons (Fsp3) is 0.412. The van der Waals surface area contributed by atoms with Crippen LogP contribution >= 0.6 is 0 Å². The minimum Gasteiger partial charge on any atom is -0.372 e. The molecule has 1 aromatic heterocycles. The number of likely N-dealkylation sites (tertiary alicyclic amines) is 1. The van der Waals surface area contributed by atoms with Gasteiger partial charge in [0.05, 0.1) is 5.56 Å². The van der Waals surface area contributed by atoms with Gasteiger partial charge in [0.2, 0.25) is 6.41 Å². The minimum atomic E-state index is -4.36. The number of rotatable bonds is 4. The number of nitrogens with two attached hydrogens (primary N) is 1. The van der Waals surface area contributed by atoms with Crippen LogP contribution in [0.5, 0.6) is 0 Å². The monoisotopic (exact) mass is 576 g/mol. The smallest absolute Gasteiger partial charge is 0.372 e. The highest BCUT2D eigenvalue weighted by atomic mass is 19.4. The summed E-state index contributed by atoms with van der Waals surface area (Å²) in [4.78, 5) is 17.6. The second-order valence-electron chi connectivity index (χ2n) is 11.8. The number of hydrogen-bond donors (Lipinski definition) is 1. The van der Waals surface area contributed by atoms with Crippen molar-refractivity contribution in [3.63, 3.8) is 0 Å². The third-order valence-corrected chi connectivity index (χ3v) is 9.59. The van der Waals surface area contributed by atoms with Crippen LogP contribution in [0.1, 0.15) is 71.4 Å². The first-order valence-electron chi connectivity index (χ1n) is 14.7. The number of amides is 1. The van der Waals surface area contributed by atoms with Crippen LogP contribution in [0, 0.1) is 12.3 Å². The van der Waals surface area contributed by atoms with E-state index >= 15 is 0 Å². The molecule has 2 N–H and O–H groups in total. The Morgan fingerprint density at radius 1 is 1.02 bits per heavy atom. The highest BCUT2D eigenvalue weighted by Crippen LogP contribution is 2.47. The second kappa shape index (κ2) is 12.2.